The van der Waals surface area contributed by atoms with Crippen molar-refractivity contribution < 1.29 is 13.5 Å². The summed E-state index contributed by atoms with van der Waals surface area (Å²) in [5.41, 5.74) is 0. The highest BCUT2D eigenvalue weighted by atomic mass is 32.2. The van der Waals surface area contributed by atoms with Crippen LogP contribution in [0.1, 0.15) is 19.3 Å². The van der Waals surface area contributed by atoms with E-state index in [4.69, 9.17) is 0 Å². The number of rotatable bonds is 2. The van der Waals surface area contributed by atoms with Gasteiger partial charge in [-0.05, 0) is 31.4 Å². The van der Waals surface area contributed by atoms with E-state index in [9.17, 15) is 13.5 Å². The van der Waals surface area contributed by atoms with Crippen LogP contribution >= 0.6 is 0 Å². The van der Waals surface area contributed by atoms with Crippen LogP contribution < -0.4 is 5.32 Å². The van der Waals surface area contributed by atoms with Crippen LogP contribution in [0.15, 0.2) is 35.2 Å². The van der Waals surface area contributed by atoms with Crippen LogP contribution in [-0.4, -0.2) is 37.0 Å². The Morgan fingerprint density at radius 2 is 1.89 bits per heavy atom. The molecule has 1 aromatic carbocycles. The first-order valence-electron chi connectivity index (χ1n) is 6.32. The minimum atomic E-state index is -3.35. The zero-order valence-electron chi connectivity index (χ0n) is 9.99. The van der Waals surface area contributed by atoms with E-state index in [-0.39, 0.29) is 12.1 Å². The maximum Gasteiger partial charge on any atom is 0.182 e. The average molecular weight is 267 g/mol. The van der Waals surface area contributed by atoms with Gasteiger partial charge in [-0.15, -0.1) is 0 Å². The molecule has 0 spiro atoms. The number of hydrogen-bond donors (Lipinski definition) is 2. The number of sulfone groups is 1. The Morgan fingerprint density at radius 3 is 2.61 bits per heavy atom. The van der Waals surface area contributed by atoms with Crippen molar-refractivity contribution in [1.29, 1.82) is 0 Å². The van der Waals surface area contributed by atoms with E-state index < -0.39 is 21.2 Å². The largest absolute Gasteiger partial charge is 0.391 e. The average Bonchev–Trinajstić information content (AvgIpc) is 2.75. The van der Waals surface area contributed by atoms with Gasteiger partial charge >= 0.3 is 0 Å². The normalized spacial score (nSPS) is 35.6. The summed E-state index contributed by atoms with van der Waals surface area (Å²) in [4.78, 5) is 0.358. The summed E-state index contributed by atoms with van der Waals surface area (Å²) in [7, 11) is -3.35. The molecule has 5 heteroatoms. The van der Waals surface area contributed by atoms with Crippen LogP contribution in [0.5, 0.6) is 0 Å². The Balaban J connectivity index is 1.96. The molecule has 1 unspecified atom stereocenters. The molecule has 2 aliphatic rings. The molecular weight excluding hydrogens is 250 g/mol. The van der Waals surface area contributed by atoms with Crippen molar-refractivity contribution in [3.8, 4) is 0 Å². The summed E-state index contributed by atoms with van der Waals surface area (Å²) in [5, 5.41) is 12.7. The molecule has 0 aliphatic carbocycles. The quantitative estimate of drug-likeness (QED) is 0.828. The topological polar surface area (TPSA) is 66.4 Å². The first-order chi connectivity index (χ1) is 8.59. The predicted molar refractivity (Wildman–Crippen MR) is 68.0 cm³/mol. The van der Waals surface area contributed by atoms with Gasteiger partial charge in [-0.25, -0.2) is 8.42 Å². The molecule has 3 rings (SSSR count). The molecule has 2 bridgehead atoms. The minimum Gasteiger partial charge on any atom is -0.391 e. The van der Waals surface area contributed by atoms with E-state index in [1.54, 1.807) is 30.3 Å². The molecule has 4 atom stereocenters. The van der Waals surface area contributed by atoms with Crippen LogP contribution in [0.2, 0.25) is 0 Å². The lowest BCUT2D eigenvalue weighted by atomic mass is 10.0. The van der Waals surface area contributed by atoms with Crippen LogP contribution in [0.25, 0.3) is 0 Å². The summed E-state index contributed by atoms with van der Waals surface area (Å²) in [6.45, 7) is 0. The fraction of sp³-hybridized carbons (Fsp3) is 0.538. The van der Waals surface area contributed by atoms with Crippen molar-refractivity contribution in [3.63, 3.8) is 0 Å². The van der Waals surface area contributed by atoms with Crippen molar-refractivity contribution in [2.75, 3.05) is 0 Å². The number of nitrogens with one attached hydrogen (secondary N) is 1. The first-order valence-corrected chi connectivity index (χ1v) is 7.87. The van der Waals surface area contributed by atoms with Crippen LogP contribution in [0.3, 0.4) is 0 Å². The lowest BCUT2D eigenvalue weighted by Crippen LogP contribution is -2.48. The van der Waals surface area contributed by atoms with E-state index in [1.807, 2.05) is 0 Å². The van der Waals surface area contributed by atoms with Crippen molar-refractivity contribution in [2.45, 2.75) is 47.6 Å². The lowest BCUT2D eigenvalue weighted by Gasteiger charge is -2.28. The summed E-state index contributed by atoms with van der Waals surface area (Å²) < 4.78 is 25.1. The first kappa shape index (κ1) is 12.1. The van der Waals surface area contributed by atoms with Crippen LogP contribution in [0, 0.1) is 0 Å². The Morgan fingerprint density at radius 1 is 1.17 bits per heavy atom. The SMILES string of the molecule is O=S(=O)(c1ccccc1)C1C[C@H]2CC[C@@H](O)[C@@H]1N2. The fourth-order valence-corrected chi connectivity index (χ4v) is 5.11. The number of piperidine rings is 1. The molecule has 0 radical (unpaired) electrons. The van der Waals surface area contributed by atoms with E-state index in [0.29, 0.717) is 17.7 Å². The van der Waals surface area contributed by atoms with Gasteiger partial charge in [0, 0.05) is 6.04 Å². The van der Waals surface area contributed by atoms with Crippen molar-refractivity contribution >= 4 is 9.84 Å². The molecule has 4 nitrogen and oxygen atoms in total. The van der Waals surface area contributed by atoms with Crippen molar-refractivity contribution in [1.82, 2.24) is 5.32 Å². The highest BCUT2D eigenvalue weighted by Crippen LogP contribution is 2.34. The highest BCUT2D eigenvalue weighted by Gasteiger charge is 2.48. The summed E-state index contributed by atoms with van der Waals surface area (Å²) in [5.74, 6) is 0. The Hall–Kier alpha value is -0.910. The molecule has 2 aliphatic heterocycles. The predicted octanol–water partition coefficient (Wildman–Crippen LogP) is 0.714. The third-order valence-electron chi connectivity index (χ3n) is 4.04. The second kappa shape index (κ2) is 4.33. The van der Waals surface area contributed by atoms with Gasteiger partial charge in [0.15, 0.2) is 9.84 Å². The van der Waals surface area contributed by atoms with Crippen molar-refractivity contribution in [3.05, 3.63) is 30.3 Å². The summed E-state index contributed by atoms with van der Waals surface area (Å²) in [6.07, 6.45) is 1.62. The third kappa shape index (κ3) is 1.86. The molecule has 2 heterocycles. The number of fused-ring (bicyclic) bond motifs is 2. The monoisotopic (exact) mass is 267 g/mol. The number of benzene rings is 1. The molecule has 2 fully saturated rings. The van der Waals surface area contributed by atoms with Gasteiger partial charge in [0.25, 0.3) is 0 Å². The molecule has 98 valence electrons. The lowest BCUT2D eigenvalue weighted by molar-refractivity contribution is 0.104. The maximum atomic E-state index is 12.6. The second-order valence-electron chi connectivity index (χ2n) is 5.17. The van der Waals surface area contributed by atoms with Gasteiger partial charge in [-0.2, -0.15) is 0 Å². The molecular formula is C13H17NO3S. The summed E-state index contributed by atoms with van der Waals surface area (Å²) >= 11 is 0. The standard InChI is InChI=1S/C13H17NO3S/c15-11-7-6-9-8-12(13(11)14-9)18(16,17)10-4-2-1-3-5-10/h1-5,9,11-15H,6-8H2/t9-,11-,12?,13+/m1/s1. The Bertz CT molecular complexity index is 528. The van der Waals surface area contributed by atoms with Gasteiger partial charge in [0.1, 0.15) is 0 Å². The highest BCUT2D eigenvalue weighted by molar-refractivity contribution is 7.92. The van der Waals surface area contributed by atoms with Crippen LogP contribution in [0.4, 0.5) is 0 Å². The molecule has 1 aromatic rings. The number of hydrogen-bond acceptors (Lipinski definition) is 4. The van der Waals surface area contributed by atoms with Gasteiger partial charge in [-0.1, -0.05) is 18.2 Å². The van der Waals surface area contributed by atoms with E-state index in [2.05, 4.69) is 5.32 Å². The van der Waals surface area contributed by atoms with Gasteiger partial charge in [0.2, 0.25) is 0 Å². The smallest absolute Gasteiger partial charge is 0.182 e. The van der Waals surface area contributed by atoms with E-state index in [1.165, 1.54) is 0 Å². The van der Waals surface area contributed by atoms with Crippen molar-refractivity contribution in [2.24, 2.45) is 0 Å². The van der Waals surface area contributed by atoms with Gasteiger partial charge in [0.05, 0.1) is 22.3 Å². The molecule has 2 saturated heterocycles. The van der Waals surface area contributed by atoms with Crippen LogP contribution in [-0.2, 0) is 9.84 Å². The van der Waals surface area contributed by atoms with Gasteiger partial charge in [-0.3, -0.25) is 0 Å². The Kier molecular flexibility index (Phi) is 2.92. The molecule has 0 amide bonds. The van der Waals surface area contributed by atoms with E-state index in [0.717, 1.165) is 6.42 Å². The minimum absolute atomic E-state index is 0.238. The van der Waals surface area contributed by atoms with Gasteiger partial charge < -0.3 is 10.4 Å². The zero-order chi connectivity index (χ0) is 12.8. The number of aliphatic hydroxyl groups is 1. The molecule has 0 saturated carbocycles. The number of aliphatic hydroxyl groups excluding tert-OH is 1. The molecule has 0 aromatic heterocycles. The Labute approximate surface area is 107 Å². The molecule has 2 N–H and O–H groups in total. The maximum absolute atomic E-state index is 12.6. The zero-order valence-corrected chi connectivity index (χ0v) is 10.8. The van der Waals surface area contributed by atoms with E-state index >= 15 is 0 Å². The molecule has 18 heavy (non-hydrogen) atoms. The third-order valence-corrected chi connectivity index (χ3v) is 6.25. The summed E-state index contributed by atoms with van der Waals surface area (Å²) in [6, 6.07) is 8.46. The second-order valence-corrected chi connectivity index (χ2v) is 7.33. The fourth-order valence-electron chi connectivity index (χ4n) is 3.09.